The Bertz CT molecular complexity index is 1200. The van der Waals surface area contributed by atoms with Gasteiger partial charge in [-0.2, -0.15) is 5.10 Å². The number of para-hydroxylation sites is 1. The Morgan fingerprint density at radius 2 is 2.00 bits per heavy atom. The summed E-state index contributed by atoms with van der Waals surface area (Å²) in [6, 6.07) is 17.1. The average Bonchev–Trinajstić information content (AvgIpc) is 3.39. The van der Waals surface area contributed by atoms with E-state index in [1.54, 1.807) is 11.3 Å². The summed E-state index contributed by atoms with van der Waals surface area (Å²) in [5.74, 6) is 0.913. The zero-order chi connectivity index (χ0) is 20.0. The van der Waals surface area contributed by atoms with Crippen LogP contribution in [-0.4, -0.2) is 30.8 Å². The molecule has 5 nitrogen and oxygen atoms in total. The molecule has 0 amide bonds. The van der Waals surface area contributed by atoms with Crippen LogP contribution in [0.3, 0.4) is 0 Å². The molecule has 1 fully saturated rings. The summed E-state index contributed by atoms with van der Waals surface area (Å²) in [4.78, 5) is 7.36. The predicted molar refractivity (Wildman–Crippen MR) is 120 cm³/mol. The summed E-state index contributed by atoms with van der Waals surface area (Å²) in [5.41, 5.74) is 3.38. The lowest BCUT2D eigenvalue weighted by atomic mass is 10.2. The van der Waals surface area contributed by atoms with Crippen molar-refractivity contribution in [1.29, 1.82) is 0 Å². The topological polar surface area (TPSA) is 38.9 Å². The van der Waals surface area contributed by atoms with Crippen molar-refractivity contribution in [2.24, 2.45) is 0 Å². The second-order valence-corrected chi connectivity index (χ2v) is 9.06. The first-order valence-electron chi connectivity index (χ1n) is 9.93. The molecule has 5 rings (SSSR count). The van der Waals surface area contributed by atoms with Gasteiger partial charge in [0.25, 0.3) is 0 Å². The van der Waals surface area contributed by atoms with E-state index in [-0.39, 0.29) is 0 Å². The molecule has 29 heavy (non-hydrogen) atoms. The van der Waals surface area contributed by atoms with Crippen molar-refractivity contribution in [3.8, 4) is 5.69 Å². The molecule has 0 spiro atoms. The maximum atomic E-state index is 5.80. The van der Waals surface area contributed by atoms with E-state index in [0.29, 0.717) is 12.7 Å². The average molecular weight is 422 g/mol. The largest absolute Gasteiger partial charge is 0.275 e. The number of hydrogen-bond donors (Lipinski definition) is 0. The van der Waals surface area contributed by atoms with E-state index < -0.39 is 0 Å². The van der Waals surface area contributed by atoms with E-state index in [4.69, 9.17) is 22.3 Å². The van der Waals surface area contributed by atoms with Gasteiger partial charge in [0.1, 0.15) is 10.8 Å². The molecule has 4 aromatic rings. The Labute approximate surface area is 179 Å². The number of nitrogens with zero attached hydrogens (tertiary/aromatic N) is 5. The molecule has 0 bridgehead atoms. The molecule has 0 radical (unpaired) electrons. The number of aryl methyl sites for hydroxylation is 2. The third-order valence-corrected chi connectivity index (χ3v) is 7.07. The quantitative estimate of drug-likeness (QED) is 0.412. The summed E-state index contributed by atoms with van der Waals surface area (Å²) < 4.78 is 6.01. The molecule has 0 saturated carbocycles. The normalized spacial score (nSPS) is 17.4. The van der Waals surface area contributed by atoms with E-state index in [9.17, 15) is 0 Å². The number of benzene rings is 2. The number of thiazole rings is 1. The van der Waals surface area contributed by atoms with Crippen LogP contribution >= 0.6 is 23.6 Å². The fraction of sp³-hybridized carbons (Fsp3) is 0.318. The predicted octanol–water partition coefficient (Wildman–Crippen LogP) is 5.42. The lowest BCUT2D eigenvalue weighted by Crippen LogP contribution is -2.27. The van der Waals surface area contributed by atoms with Gasteiger partial charge in [0.15, 0.2) is 0 Å². The molecule has 0 aliphatic carbocycles. The minimum Gasteiger partial charge on any atom is -0.275 e. The van der Waals surface area contributed by atoms with Crippen LogP contribution in [0.4, 0.5) is 0 Å². The molecule has 1 aliphatic rings. The van der Waals surface area contributed by atoms with Crippen molar-refractivity contribution in [2.45, 2.75) is 39.4 Å². The van der Waals surface area contributed by atoms with Crippen molar-refractivity contribution < 1.29 is 0 Å². The maximum Gasteiger partial charge on any atom is 0.203 e. The summed E-state index contributed by atoms with van der Waals surface area (Å²) in [6.45, 7) is 5.85. The van der Waals surface area contributed by atoms with Gasteiger partial charge >= 0.3 is 0 Å². The van der Waals surface area contributed by atoms with Gasteiger partial charge < -0.3 is 0 Å². The van der Waals surface area contributed by atoms with E-state index >= 15 is 0 Å². The van der Waals surface area contributed by atoms with Gasteiger partial charge in [-0.1, -0.05) is 24.3 Å². The highest BCUT2D eigenvalue weighted by atomic mass is 32.1. The molecule has 0 unspecified atom stereocenters. The molecule has 2 aromatic heterocycles. The van der Waals surface area contributed by atoms with E-state index in [2.05, 4.69) is 64.9 Å². The molecule has 1 saturated heterocycles. The van der Waals surface area contributed by atoms with Crippen LogP contribution in [0.5, 0.6) is 0 Å². The van der Waals surface area contributed by atoms with Crippen molar-refractivity contribution >= 4 is 33.8 Å². The SMILES string of the molecule is Cc1cccc(-n2c(C)nn(CN3CCC[C@@H]3c3nc4ccccc4s3)c2=S)c1. The van der Waals surface area contributed by atoms with Gasteiger partial charge in [0.05, 0.1) is 22.9 Å². The highest BCUT2D eigenvalue weighted by Gasteiger charge is 2.29. The third kappa shape index (κ3) is 3.43. The fourth-order valence-corrected chi connectivity index (χ4v) is 5.63. The maximum absolute atomic E-state index is 5.80. The molecule has 1 atom stereocenters. The molecule has 148 valence electrons. The van der Waals surface area contributed by atoms with Crippen LogP contribution in [0.15, 0.2) is 48.5 Å². The highest BCUT2D eigenvalue weighted by Crippen LogP contribution is 2.36. The van der Waals surface area contributed by atoms with Crippen molar-refractivity contribution in [3.63, 3.8) is 0 Å². The molecular weight excluding hydrogens is 398 g/mol. The molecule has 7 heteroatoms. The van der Waals surface area contributed by atoms with E-state index in [1.165, 1.54) is 21.7 Å². The first-order chi connectivity index (χ1) is 14.1. The molecule has 1 aliphatic heterocycles. The smallest absolute Gasteiger partial charge is 0.203 e. The molecule has 2 aromatic carbocycles. The molecule has 0 N–H and O–H groups in total. The number of rotatable bonds is 4. The number of hydrogen-bond acceptors (Lipinski definition) is 5. The van der Waals surface area contributed by atoms with Crippen LogP contribution in [0, 0.1) is 18.6 Å². The van der Waals surface area contributed by atoms with Gasteiger partial charge in [0, 0.05) is 12.2 Å². The van der Waals surface area contributed by atoms with Gasteiger partial charge in [0.2, 0.25) is 4.77 Å². The molecular formula is C22H23N5S2. The van der Waals surface area contributed by atoms with Crippen molar-refractivity contribution in [2.75, 3.05) is 6.54 Å². The van der Waals surface area contributed by atoms with Gasteiger partial charge in [-0.3, -0.25) is 9.47 Å². The third-order valence-electron chi connectivity index (χ3n) is 5.54. The minimum atomic E-state index is 0.332. The number of fused-ring (bicyclic) bond motifs is 1. The monoisotopic (exact) mass is 421 g/mol. The van der Waals surface area contributed by atoms with Crippen molar-refractivity contribution in [1.82, 2.24) is 24.2 Å². The number of aromatic nitrogens is 4. The summed E-state index contributed by atoms with van der Waals surface area (Å²) in [5, 5.41) is 5.97. The minimum absolute atomic E-state index is 0.332. The van der Waals surface area contributed by atoms with Crippen LogP contribution in [-0.2, 0) is 6.67 Å². The van der Waals surface area contributed by atoms with Crippen molar-refractivity contribution in [3.05, 3.63) is 69.7 Å². The Balaban J connectivity index is 1.45. The van der Waals surface area contributed by atoms with E-state index in [1.807, 2.05) is 11.6 Å². The van der Waals surface area contributed by atoms with Crippen LogP contribution < -0.4 is 0 Å². The van der Waals surface area contributed by atoms with Crippen LogP contribution in [0.1, 0.15) is 35.3 Å². The van der Waals surface area contributed by atoms with Gasteiger partial charge in [-0.05, 0) is 68.7 Å². The Hall–Kier alpha value is -2.35. The van der Waals surface area contributed by atoms with Crippen LogP contribution in [0.2, 0.25) is 0 Å². The summed E-state index contributed by atoms with van der Waals surface area (Å²) >= 11 is 7.61. The highest BCUT2D eigenvalue weighted by molar-refractivity contribution is 7.71. The zero-order valence-electron chi connectivity index (χ0n) is 16.6. The Kier molecular flexibility index (Phi) is 4.81. The second kappa shape index (κ2) is 7.48. The van der Waals surface area contributed by atoms with Gasteiger partial charge in [-0.25, -0.2) is 9.67 Å². The summed E-state index contributed by atoms with van der Waals surface area (Å²) in [7, 11) is 0. The van der Waals surface area contributed by atoms with Gasteiger partial charge in [-0.15, -0.1) is 11.3 Å². The molecule has 3 heterocycles. The standard InChI is InChI=1S/C22H23N5S2/c1-15-7-5-8-17(13-15)27-16(2)24-26(22(27)28)14-25-12-6-10-19(25)21-23-18-9-3-4-11-20(18)29-21/h3-5,7-9,11,13,19H,6,10,12,14H2,1-2H3/t19-/m1/s1. The Morgan fingerprint density at radius 3 is 2.83 bits per heavy atom. The zero-order valence-corrected chi connectivity index (χ0v) is 18.2. The number of likely N-dealkylation sites (tertiary alicyclic amines) is 1. The van der Waals surface area contributed by atoms with E-state index in [0.717, 1.165) is 34.8 Å². The summed E-state index contributed by atoms with van der Waals surface area (Å²) in [6.07, 6.45) is 2.30. The fourth-order valence-electron chi connectivity index (χ4n) is 4.15. The lowest BCUT2D eigenvalue weighted by Gasteiger charge is -2.22. The second-order valence-electron chi connectivity index (χ2n) is 7.64. The first kappa shape index (κ1) is 18.7. The first-order valence-corrected chi connectivity index (χ1v) is 11.2. The van der Waals surface area contributed by atoms with Crippen LogP contribution in [0.25, 0.3) is 15.9 Å². The Morgan fingerprint density at radius 1 is 1.14 bits per heavy atom. The lowest BCUT2D eigenvalue weighted by molar-refractivity contribution is 0.189.